The Morgan fingerprint density at radius 1 is 1.17 bits per heavy atom. The minimum absolute atomic E-state index is 0.0849. The molecule has 0 amide bonds. The second kappa shape index (κ2) is 6.97. The third-order valence-corrected chi connectivity index (χ3v) is 6.43. The smallest absolute Gasteiger partial charge is 0.151 e. The molecule has 1 saturated carbocycles. The average molecular weight is 332 g/mol. The Kier molecular flexibility index (Phi) is 4.97. The number of nitrogens with zero attached hydrogens (tertiary/aromatic N) is 1. The van der Waals surface area contributed by atoms with Crippen LogP contribution in [0.15, 0.2) is 36.5 Å². The lowest BCUT2D eigenvalue weighted by Gasteiger charge is -2.31. The highest BCUT2D eigenvalue weighted by molar-refractivity contribution is 7.91. The summed E-state index contributed by atoms with van der Waals surface area (Å²) in [5.41, 5.74) is 2.25. The van der Waals surface area contributed by atoms with Gasteiger partial charge in [0.25, 0.3) is 0 Å². The lowest BCUT2D eigenvalue weighted by molar-refractivity contribution is 0.374. The molecule has 0 spiro atoms. The zero-order chi connectivity index (χ0) is 16.3. The van der Waals surface area contributed by atoms with Gasteiger partial charge in [0.2, 0.25) is 0 Å². The summed E-state index contributed by atoms with van der Waals surface area (Å²) in [5.74, 6) is 0. The predicted molar refractivity (Wildman–Crippen MR) is 94.3 cm³/mol. The van der Waals surface area contributed by atoms with Crippen molar-refractivity contribution in [1.29, 1.82) is 0 Å². The highest BCUT2D eigenvalue weighted by Gasteiger charge is 2.32. The van der Waals surface area contributed by atoms with Crippen molar-refractivity contribution in [2.75, 3.05) is 12.8 Å². The van der Waals surface area contributed by atoms with Gasteiger partial charge in [-0.1, -0.05) is 37.1 Å². The van der Waals surface area contributed by atoms with Crippen LogP contribution in [0, 0.1) is 0 Å². The molecule has 5 heteroatoms. The van der Waals surface area contributed by atoms with E-state index in [1.165, 1.54) is 11.8 Å². The van der Waals surface area contributed by atoms with Crippen LogP contribution in [-0.2, 0) is 16.3 Å². The van der Waals surface area contributed by atoms with Crippen LogP contribution in [0.3, 0.4) is 0 Å². The van der Waals surface area contributed by atoms with Gasteiger partial charge in [0.05, 0.1) is 10.8 Å². The molecule has 3 rings (SSSR count). The Morgan fingerprint density at radius 3 is 2.78 bits per heavy atom. The highest BCUT2D eigenvalue weighted by Crippen LogP contribution is 2.24. The van der Waals surface area contributed by atoms with E-state index in [-0.39, 0.29) is 11.3 Å². The molecule has 0 bridgehead atoms. The molecular weight excluding hydrogens is 308 g/mol. The Balaban J connectivity index is 1.66. The van der Waals surface area contributed by atoms with Crippen molar-refractivity contribution in [2.24, 2.45) is 0 Å². The van der Waals surface area contributed by atoms with Crippen LogP contribution in [0.2, 0.25) is 0 Å². The van der Waals surface area contributed by atoms with E-state index >= 15 is 0 Å². The zero-order valence-corrected chi connectivity index (χ0v) is 14.3. The summed E-state index contributed by atoms with van der Waals surface area (Å²) in [7, 11) is -2.98. The van der Waals surface area contributed by atoms with Gasteiger partial charge in [-0.05, 0) is 37.4 Å². The topological polar surface area (TPSA) is 59.1 Å². The fourth-order valence-corrected chi connectivity index (χ4v) is 5.03. The van der Waals surface area contributed by atoms with Gasteiger partial charge in [-0.2, -0.15) is 0 Å². The van der Waals surface area contributed by atoms with Gasteiger partial charge in [-0.3, -0.25) is 4.98 Å². The summed E-state index contributed by atoms with van der Waals surface area (Å²) in [5, 5.41) is 4.40. The van der Waals surface area contributed by atoms with E-state index in [1.54, 1.807) is 0 Å². The van der Waals surface area contributed by atoms with E-state index in [9.17, 15) is 8.42 Å². The van der Waals surface area contributed by atoms with Crippen molar-refractivity contribution in [3.63, 3.8) is 0 Å². The number of benzene rings is 1. The van der Waals surface area contributed by atoms with Gasteiger partial charge in [0, 0.05) is 23.9 Å². The van der Waals surface area contributed by atoms with Crippen LogP contribution in [0.1, 0.15) is 31.2 Å². The lowest BCUT2D eigenvalue weighted by Crippen LogP contribution is -2.46. The lowest BCUT2D eigenvalue weighted by atomic mass is 9.94. The molecule has 1 fully saturated rings. The van der Waals surface area contributed by atoms with Gasteiger partial charge in [-0.25, -0.2) is 8.42 Å². The second-order valence-electron chi connectivity index (χ2n) is 6.46. The summed E-state index contributed by atoms with van der Waals surface area (Å²) >= 11 is 0. The van der Waals surface area contributed by atoms with E-state index in [4.69, 9.17) is 0 Å². The van der Waals surface area contributed by atoms with Crippen LogP contribution < -0.4 is 5.32 Å². The fraction of sp³-hybridized carbons (Fsp3) is 0.500. The van der Waals surface area contributed by atoms with E-state index in [1.807, 2.05) is 12.3 Å². The van der Waals surface area contributed by atoms with E-state index in [0.717, 1.165) is 49.6 Å². The van der Waals surface area contributed by atoms with Crippen LogP contribution in [0.4, 0.5) is 0 Å². The maximum absolute atomic E-state index is 12.0. The molecule has 2 atom stereocenters. The number of hydrogen-bond acceptors (Lipinski definition) is 4. The number of para-hydroxylation sites is 1. The van der Waals surface area contributed by atoms with Gasteiger partial charge in [-0.15, -0.1) is 0 Å². The van der Waals surface area contributed by atoms with Crippen LogP contribution >= 0.6 is 0 Å². The van der Waals surface area contributed by atoms with Crippen LogP contribution in [-0.4, -0.2) is 37.5 Å². The predicted octanol–water partition coefficient (Wildman–Crippen LogP) is 2.72. The fourth-order valence-electron chi connectivity index (χ4n) is 3.60. The Hall–Kier alpha value is -1.46. The standard InChI is InChI=1S/C18H24N2O2S/c1-23(21,22)17-10-3-2-9-16(17)19-13-11-15-7-4-6-14-8-5-12-20-18(14)15/h4-8,12,16-17,19H,2-3,9-11,13H2,1H3/t16-,17+/m0/s1. The summed E-state index contributed by atoms with van der Waals surface area (Å²) < 4.78 is 23.9. The van der Waals surface area contributed by atoms with Crippen LogP contribution in [0.25, 0.3) is 10.9 Å². The van der Waals surface area contributed by atoms with Crippen LogP contribution in [0.5, 0.6) is 0 Å². The highest BCUT2D eigenvalue weighted by atomic mass is 32.2. The third-order valence-electron chi connectivity index (χ3n) is 4.77. The summed E-state index contributed by atoms with van der Waals surface area (Å²) in [6.45, 7) is 0.784. The molecule has 2 aromatic rings. The first-order chi connectivity index (χ1) is 11.1. The number of fused-ring (bicyclic) bond motifs is 1. The molecule has 1 N–H and O–H groups in total. The number of rotatable bonds is 5. The van der Waals surface area contributed by atoms with Crippen molar-refractivity contribution in [2.45, 2.75) is 43.4 Å². The van der Waals surface area contributed by atoms with Crippen molar-refractivity contribution in [3.05, 3.63) is 42.1 Å². The van der Waals surface area contributed by atoms with E-state index in [2.05, 4.69) is 34.6 Å². The maximum Gasteiger partial charge on any atom is 0.151 e. The molecule has 0 radical (unpaired) electrons. The van der Waals surface area contributed by atoms with Crippen molar-refractivity contribution < 1.29 is 8.42 Å². The number of aromatic nitrogens is 1. The summed E-state index contributed by atoms with van der Waals surface area (Å²) in [6, 6.07) is 10.3. The molecule has 124 valence electrons. The molecule has 0 unspecified atom stereocenters. The number of nitrogens with one attached hydrogen (secondary N) is 1. The quantitative estimate of drug-likeness (QED) is 0.914. The van der Waals surface area contributed by atoms with Crippen molar-refractivity contribution in [1.82, 2.24) is 10.3 Å². The minimum Gasteiger partial charge on any atom is -0.312 e. The molecule has 1 aliphatic carbocycles. The first kappa shape index (κ1) is 16.4. The number of pyridine rings is 1. The maximum atomic E-state index is 12.0. The summed E-state index contributed by atoms with van der Waals surface area (Å²) in [4.78, 5) is 4.48. The third kappa shape index (κ3) is 3.90. The Morgan fingerprint density at radius 2 is 1.96 bits per heavy atom. The SMILES string of the molecule is CS(=O)(=O)[C@@H]1CCCC[C@@H]1NCCc1cccc2cccnc12. The zero-order valence-electron chi connectivity index (χ0n) is 13.5. The molecule has 1 aromatic carbocycles. The molecule has 23 heavy (non-hydrogen) atoms. The van der Waals surface area contributed by atoms with E-state index < -0.39 is 9.84 Å². The molecular formula is C18H24N2O2S. The van der Waals surface area contributed by atoms with Gasteiger partial charge in [0.1, 0.15) is 0 Å². The van der Waals surface area contributed by atoms with Gasteiger partial charge in [0.15, 0.2) is 9.84 Å². The normalized spacial score (nSPS) is 22.3. The first-order valence-electron chi connectivity index (χ1n) is 8.30. The van der Waals surface area contributed by atoms with Crippen molar-refractivity contribution in [3.8, 4) is 0 Å². The number of sulfone groups is 1. The molecule has 1 heterocycles. The summed E-state index contributed by atoms with van der Waals surface area (Å²) in [6.07, 6.45) is 7.91. The Bertz CT molecular complexity index is 768. The molecule has 0 aliphatic heterocycles. The van der Waals surface area contributed by atoms with Crippen molar-refractivity contribution >= 4 is 20.7 Å². The molecule has 4 nitrogen and oxygen atoms in total. The monoisotopic (exact) mass is 332 g/mol. The molecule has 0 saturated heterocycles. The Labute approximate surface area is 138 Å². The van der Waals surface area contributed by atoms with Gasteiger partial charge < -0.3 is 5.32 Å². The van der Waals surface area contributed by atoms with Gasteiger partial charge >= 0.3 is 0 Å². The molecule has 1 aliphatic rings. The molecule has 1 aromatic heterocycles. The second-order valence-corrected chi connectivity index (χ2v) is 8.72. The van der Waals surface area contributed by atoms with E-state index in [0.29, 0.717) is 0 Å². The first-order valence-corrected chi connectivity index (χ1v) is 10.3. The minimum atomic E-state index is -2.98. The largest absolute Gasteiger partial charge is 0.312 e. The average Bonchev–Trinajstić information content (AvgIpc) is 2.55. The number of hydrogen-bond donors (Lipinski definition) is 1.